The van der Waals surface area contributed by atoms with Crippen molar-refractivity contribution in [3.63, 3.8) is 0 Å². The molecule has 0 amide bonds. The largest absolute Gasteiger partial charge is 0.339 e. The number of anilines is 2. The molecule has 0 aliphatic carbocycles. The molecule has 3 aromatic carbocycles. The third-order valence-electron chi connectivity index (χ3n) is 5.26. The second-order valence-corrected chi connectivity index (χ2v) is 8.38. The van der Waals surface area contributed by atoms with Gasteiger partial charge < -0.3 is 5.32 Å². The molecule has 0 bridgehead atoms. The second kappa shape index (κ2) is 6.71. The average molecular weight is 402 g/mol. The van der Waals surface area contributed by atoms with Crippen molar-refractivity contribution in [2.45, 2.75) is 20.8 Å². The van der Waals surface area contributed by atoms with Crippen LogP contribution in [-0.4, -0.2) is 9.38 Å². The standard InChI is InChI=1S/C24H20FN3S/c1-14-11-12-18(25)17(13-14)22-23(26-21-15(2)7-6-8-16(21)3)28-19-9-4-5-10-20(19)29-24(28)27-22/h4-13,26H,1-3H3. The van der Waals surface area contributed by atoms with Gasteiger partial charge in [-0.15, -0.1) is 0 Å². The summed E-state index contributed by atoms with van der Waals surface area (Å²) >= 11 is 1.61. The summed E-state index contributed by atoms with van der Waals surface area (Å²) in [5.74, 6) is 0.523. The maximum atomic E-state index is 14.8. The fourth-order valence-corrected chi connectivity index (χ4v) is 4.80. The summed E-state index contributed by atoms with van der Waals surface area (Å²) in [5, 5.41) is 3.60. The maximum Gasteiger partial charge on any atom is 0.197 e. The third kappa shape index (κ3) is 2.89. The summed E-state index contributed by atoms with van der Waals surface area (Å²) in [6.07, 6.45) is 0. The lowest BCUT2D eigenvalue weighted by Crippen LogP contribution is -2.01. The molecule has 0 atom stereocenters. The first kappa shape index (κ1) is 17.9. The van der Waals surface area contributed by atoms with Gasteiger partial charge in [0.2, 0.25) is 0 Å². The molecule has 5 aromatic rings. The molecule has 5 heteroatoms. The number of aryl methyl sites for hydroxylation is 3. The van der Waals surface area contributed by atoms with Crippen molar-refractivity contribution in [2.75, 3.05) is 5.32 Å². The molecule has 3 nitrogen and oxygen atoms in total. The van der Waals surface area contributed by atoms with Crippen LogP contribution in [0.1, 0.15) is 16.7 Å². The maximum absolute atomic E-state index is 14.8. The van der Waals surface area contributed by atoms with E-state index in [1.54, 1.807) is 17.4 Å². The van der Waals surface area contributed by atoms with Crippen LogP contribution >= 0.6 is 11.3 Å². The van der Waals surface area contributed by atoms with E-state index in [0.29, 0.717) is 11.3 Å². The Balaban J connectivity index is 1.84. The van der Waals surface area contributed by atoms with Crippen molar-refractivity contribution in [3.05, 3.63) is 83.2 Å². The van der Waals surface area contributed by atoms with Crippen LogP contribution in [-0.2, 0) is 0 Å². The summed E-state index contributed by atoms with van der Waals surface area (Å²) in [7, 11) is 0. The minimum absolute atomic E-state index is 0.268. The van der Waals surface area contributed by atoms with Crippen LogP contribution in [0.2, 0.25) is 0 Å². The highest BCUT2D eigenvalue weighted by Crippen LogP contribution is 2.39. The van der Waals surface area contributed by atoms with E-state index < -0.39 is 0 Å². The molecule has 0 saturated heterocycles. The summed E-state index contributed by atoms with van der Waals surface area (Å²) in [4.78, 5) is 5.70. The molecule has 2 heterocycles. The lowest BCUT2D eigenvalue weighted by Gasteiger charge is -2.14. The monoisotopic (exact) mass is 401 g/mol. The Morgan fingerprint density at radius 1 is 0.931 bits per heavy atom. The first-order chi connectivity index (χ1) is 14.0. The van der Waals surface area contributed by atoms with Gasteiger partial charge in [-0.25, -0.2) is 9.37 Å². The van der Waals surface area contributed by atoms with E-state index in [0.717, 1.165) is 43.4 Å². The minimum Gasteiger partial charge on any atom is -0.339 e. The van der Waals surface area contributed by atoms with Crippen molar-refractivity contribution in [3.8, 4) is 11.3 Å². The Morgan fingerprint density at radius 2 is 1.69 bits per heavy atom. The quantitative estimate of drug-likeness (QED) is 0.352. The molecular weight excluding hydrogens is 381 g/mol. The molecule has 5 rings (SSSR count). The van der Waals surface area contributed by atoms with Crippen molar-refractivity contribution in [2.24, 2.45) is 0 Å². The van der Waals surface area contributed by atoms with E-state index in [9.17, 15) is 4.39 Å². The van der Waals surface area contributed by atoms with E-state index >= 15 is 0 Å². The van der Waals surface area contributed by atoms with Crippen LogP contribution < -0.4 is 5.32 Å². The van der Waals surface area contributed by atoms with E-state index in [-0.39, 0.29) is 5.82 Å². The van der Waals surface area contributed by atoms with Gasteiger partial charge in [0.15, 0.2) is 4.96 Å². The summed E-state index contributed by atoms with van der Waals surface area (Å²) < 4.78 is 18.1. The number of nitrogens with zero attached hydrogens (tertiary/aromatic N) is 2. The molecule has 0 radical (unpaired) electrons. The zero-order valence-electron chi connectivity index (χ0n) is 16.5. The summed E-state index contributed by atoms with van der Waals surface area (Å²) in [5.41, 5.74) is 6.50. The van der Waals surface area contributed by atoms with Crippen LogP contribution in [0.4, 0.5) is 15.9 Å². The van der Waals surface area contributed by atoms with Gasteiger partial charge in [0.05, 0.1) is 10.2 Å². The van der Waals surface area contributed by atoms with Gasteiger partial charge >= 0.3 is 0 Å². The molecule has 0 spiro atoms. The molecule has 0 unspecified atom stereocenters. The highest BCUT2D eigenvalue weighted by Gasteiger charge is 2.21. The van der Waals surface area contributed by atoms with Crippen LogP contribution in [0.3, 0.4) is 0 Å². The number of rotatable bonds is 3. The fraction of sp³-hybridized carbons (Fsp3) is 0.125. The van der Waals surface area contributed by atoms with E-state index in [2.05, 4.69) is 47.8 Å². The number of hydrogen-bond donors (Lipinski definition) is 1. The number of thiazole rings is 1. The number of aromatic nitrogens is 2. The zero-order chi connectivity index (χ0) is 20.1. The lowest BCUT2D eigenvalue weighted by atomic mass is 10.1. The number of hydrogen-bond acceptors (Lipinski definition) is 3. The van der Waals surface area contributed by atoms with Gasteiger partial charge in [-0.2, -0.15) is 0 Å². The number of benzene rings is 3. The van der Waals surface area contributed by atoms with Crippen molar-refractivity contribution >= 4 is 38.0 Å². The zero-order valence-corrected chi connectivity index (χ0v) is 17.3. The summed E-state index contributed by atoms with van der Waals surface area (Å²) in [6.45, 7) is 6.12. The fourth-order valence-electron chi connectivity index (χ4n) is 3.77. The highest BCUT2D eigenvalue weighted by atomic mass is 32.1. The SMILES string of the molecule is Cc1ccc(F)c(-c2nc3sc4ccccc4n3c2Nc2c(C)cccc2C)c1. The second-order valence-electron chi connectivity index (χ2n) is 7.37. The highest BCUT2D eigenvalue weighted by molar-refractivity contribution is 7.23. The van der Waals surface area contributed by atoms with Gasteiger partial charge in [0.25, 0.3) is 0 Å². The van der Waals surface area contributed by atoms with E-state index in [1.165, 1.54) is 6.07 Å². The molecule has 1 N–H and O–H groups in total. The lowest BCUT2D eigenvalue weighted by molar-refractivity contribution is 0.630. The Bertz CT molecular complexity index is 1360. The van der Waals surface area contributed by atoms with Crippen molar-refractivity contribution < 1.29 is 4.39 Å². The number of imidazole rings is 1. The van der Waals surface area contributed by atoms with Crippen LogP contribution in [0, 0.1) is 26.6 Å². The van der Waals surface area contributed by atoms with Crippen molar-refractivity contribution in [1.29, 1.82) is 0 Å². The Labute approximate surface area is 172 Å². The van der Waals surface area contributed by atoms with Crippen molar-refractivity contribution in [1.82, 2.24) is 9.38 Å². The van der Waals surface area contributed by atoms with E-state index in [1.807, 2.05) is 31.2 Å². The first-order valence-electron chi connectivity index (χ1n) is 9.52. The van der Waals surface area contributed by atoms with Gasteiger partial charge in [0.1, 0.15) is 17.3 Å². The number of nitrogens with one attached hydrogen (secondary N) is 1. The molecule has 29 heavy (non-hydrogen) atoms. The van der Waals surface area contributed by atoms with E-state index in [4.69, 9.17) is 4.98 Å². The number of fused-ring (bicyclic) bond motifs is 3. The summed E-state index contributed by atoms with van der Waals surface area (Å²) in [6, 6.07) is 19.6. The van der Waals surface area contributed by atoms with Gasteiger partial charge in [0, 0.05) is 11.3 Å². The van der Waals surface area contributed by atoms with Gasteiger partial charge in [-0.1, -0.05) is 53.3 Å². The Morgan fingerprint density at radius 3 is 2.48 bits per heavy atom. The first-order valence-corrected chi connectivity index (χ1v) is 10.3. The van der Waals surface area contributed by atoms with Crippen LogP contribution in [0.25, 0.3) is 26.4 Å². The predicted octanol–water partition coefficient (Wildman–Crippen LogP) is 7.02. The smallest absolute Gasteiger partial charge is 0.197 e. The molecule has 0 fully saturated rings. The third-order valence-corrected chi connectivity index (χ3v) is 6.28. The Kier molecular flexibility index (Phi) is 4.14. The average Bonchev–Trinajstić information content (AvgIpc) is 3.23. The normalized spacial score (nSPS) is 11.4. The molecular formula is C24H20FN3S. The molecule has 0 aliphatic heterocycles. The molecule has 0 aliphatic rings. The van der Waals surface area contributed by atoms with Crippen LogP contribution in [0.15, 0.2) is 60.7 Å². The van der Waals surface area contributed by atoms with Crippen LogP contribution in [0.5, 0.6) is 0 Å². The number of para-hydroxylation sites is 2. The predicted molar refractivity (Wildman–Crippen MR) is 120 cm³/mol. The number of halogens is 1. The Hall–Kier alpha value is -3.18. The molecule has 2 aromatic heterocycles. The molecule has 144 valence electrons. The van der Waals surface area contributed by atoms with Gasteiger partial charge in [-0.3, -0.25) is 4.40 Å². The topological polar surface area (TPSA) is 29.3 Å². The van der Waals surface area contributed by atoms with Gasteiger partial charge in [-0.05, 0) is 56.2 Å². The molecule has 0 saturated carbocycles. The minimum atomic E-state index is -0.268.